The molecule has 1 aliphatic carbocycles. The minimum absolute atomic E-state index is 0.0954. The lowest BCUT2D eigenvalue weighted by Crippen LogP contribution is -2.21. The monoisotopic (exact) mass is 373 g/mol. The maximum absolute atomic E-state index is 12.4. The Morgan fingerprint density at radius 3 is 2.77 bits per heavy atom. The topological polar surface area (TPSA) is 64.6 Å². The Bertz CT molecular complexity index is 812. The molecule has 1 N–H and O–H groups in total. The zero-order valence-electron chi connectivity index (χ0n) is 15.1. The van der Waals surface area contributed by atoms with E-state index in [4.69, 9.17) is 9.47 Å². The van der Waals surface area contributed by atoms with Gasteiger partial charge in [0, 0.05) is 4.88 Å². The number of anilines is 1. The van der Waals surface area contributed by atoms with Crippen LogP contribution in [0.25, 0.3) is 0 Å². The summed E-state index contributed by atoms with van der Waals surface area (Å²) in [7, 11) is 0. The SMILES string of the molecule is CCOC(=O)c1c(NC(=O)COc2ccccc2CC)sc2c1CCC2. The molecule has 26 heavy (non-hydrogen) atoms. The fourth-order valence-electron chi connectivity index (χ4n) is 3.15. The first-order chi connectivity index (χ1) is 12.6. The molecule has 1 aromatic heterocycles. The first kappa shape index (κ1) is 18.5. The fraction of sp³-hybridized carbons (Fsp3) is 0.400. The molecule has 3 rings (SSSR count). The summed E-state index contributed by atoms with van der Waals surface area (Å²) in [5.74, 6) is 0.0743. The molecule has 2 aromatic rings. The van der Waals surface area contributed by atoms with Crippen LogP contribution in [-0.4, -0.2) is 25.1 Å². The van der Waals surface area contributed by atoms with Crippen molar-refractivity contribution in [3.8, 4) is 5.75 Å². The van der Waals surface area contributed by atoms with Crippen molar-refractivity contribution in [2.75, 3.05) is 18.5 Å². The van der Waals surface area contributed by atoms with E-state index in [0.717, 1.165) is 36.8 Å². The van der Waals surface area contributed by atoms with Gasteiger partial charge in [-0.1, -0.05) is 25.1 Å². The Morgan fingerprint density at radius 2 is 2.00 bits per heavy atom. The molecule has 0 saturated carbocycles. The number of hydrogen-bond acceptors (Lipinski definition) is 5. The summed E-state index contributed by atoms with van der Waals surface area (Å²) in [5.41, 5.74) is 2.61. The molecular formula is C20H23NO4S. The van der Waals surface area contributed by atoms with E-state index in [0.29, 0.717) is 22.9 Å². The number of carbonyl (C=O) groups excluding carboxylic acids is 2. The standard InChI is InChI=1S/C20H23NO4S/c1-3-13-8-5-6-10-15(13)25-12-17(22)21-19-18(20(23)24-4-2)14-9-7-11-16(14)26-19/h5-6,8,10H,3-4,7,9,11-12H2,1-2H3,(H,21,22). The molecule has 1 heterocycles. The fourth-order valence-corrected chi connectivity index (χ4v) is 4.45. The Hall–Kier alpha value is -2.34. The summed E-state index contributed by atoms with van der Waals surface area (Å²) in [5, 5.41) is 3.42. The molecule has 0 bridgehead atoms. The lowest BCUT2D eigenvalue weighted by molar-refractivity contribution is -0.118. The minimum Gasteiger partial charge on any atom is -0.483 e. The van der Waals surface area contributed by atoms with Gasteiger partial charge in [-0.05, 0) is 49.8 Å². The lowest BCUT2D eigenvalue weighted by Gasteiger charge is -2.11. The number of para-hydroxylation sites is 1. The number of esters is 1. The molecule has 0 aliphatic heterocycles. The van der Waals surface area contributed by atoms with Crippen molar-refractivity contribution >= 4 is 28.2 Å². The number of carbonyl (C=O) groups is 2. The quantitative estimate of drug-likeness (QED) is 0.745. The second-order valence-corrected chi connectivity index (χ2v) is 7.19. The van der Waals surface area contributed by atoms with Crippen molar-refractivity contribution in [1.29, 1.82) is 0 Å². The molecule has 1 aliphatic rings. The Kier molecular flexibility index (Phi) is 5.93. The molecule has 1 aromatic carbocycles. The zero-order valence-corrected chi connectivity index (χ0v) is 15.9. The van der Waals surface area contributed by atoms with Gasteiger partial charge in [0.05, 0.1) is 12.2 Å². The molecule has 0 atom stereocenters. The van der Waals surface area contributed by atoms with Gasteiger partial charge in [0.15, 0.2) is 6.61 Å². The predicted octanol–water partition coefficient (Wildman–Crippen LogP) is 3.99. The summed E-state index contributed by atoms with van der Waals surface area (Å²) < 4.78 is 10.8. The summed E-state index contributed by atoms with van der Waals surface area (Å²) in [4.78, 5) is 25.9. The normalized spacial score (nSPS) is 12.5. The second kappa shape index (κ2) is 8.36. The van der Waals surface area contributed by atoms with E-state index in [1.54, 1.807) is 6.92 Å². The maximum Gasteiger partial charge on any atom is 0.341 e. The van der Waals surface area contributed by atoms with Crippen molar-refractivity contribution in [3.63, 3.8) is 0 Å². The number of amides is 1. The van der Waals surface area contributed by atoms with Gasteiger partial charge in [-0.3, -0.25) is 4.79 Å². The summed E-state index contributed by atoms with van der Waals surface area (Å²) in [6.45, 7) is 4.04. The molecule has 0 saturated heterocycles. The second-order valence-electron chi connectivity index (χ2n) is 6.08. The highest BCUT2D eigenvalue weighted by Gasteiger charge is 2.28. The van der Waals surface area contributed by atoms with Crippen molar-refractivity contribution in [2.45, 2.75) is 39.5 Å². The largest absolute Gasteiger partial charge is 0.483 e. The number of benzene rings is 1. The predicted molar refractivity (Wildman–Crippen MR) is 102 cm³/mol. The van der Waals surface area contributed by atoms with Gasteiger partial charge in [-0.15, -0.1) is 11.3 Å². The Balaban J connectivity index is 1.70. The minimum atomic E-state index is -0.362. The van der Waals surface area contributed by atoms with E-state index in [-0.39, 0.29) is 18.5 Å². The Morgan fingerprint density at radius 1 is 1.19 bits per heavy atom. The van der Waals surface area contributed by atoms with Crippen LogP contribution < -0.4 is 10.1 Å². The highest BCUT2D eigenvalue weighted by molar-refractivity contribution is 7.17. The molecule has 5 nitrogen and oxygen atoms in total. The molecule has 0 spiro atoms. The molecule has 138 valence electrons. The van der Waals surface area contributed by atoms with E-state index >= 15 is 0 Å². The van der Waals surface area contributed by atoms with E-state index in [2.05, 4.69) is 5.32 Å². The number of aryl methyl sites for hydroxylation is 2. The number of rotatable bonds is 7. The first-order valence-electron chi connectivity index (χ1n) is 8.96. The van der Waals surface area contributed by atoms with Crippen LogP contribution in [0.4, 0.5) is 5.00 Å². The van der Waals surface area contributed by atoms with Crippen molar-refractivity contribution < 1.29 is 19.1 Å². The van der Waals surface area contributed by atoms with Gasteiger partial charge in [0.2, 0.25) is 0 Å². The van der Waals surface area contributed by atoms with Crippen LogP contribution in [0.5, 0.6) is 5.75 Å². The maximum atomic E-state index is 12.4. The Labute approximate surface area is 157 Å². The summed E-state index contributed by atoms with van der Waals surface area (Å²) in [6.07, 6.45) is 3.68. The zero-order chi connectivity index (χ0) is 18.5. The average Bonchev–Trinajstić information content (AvgIpc) is 3.21. The van der Waals surface area contributed by atoms with Gasteiger partial charge >= 0.3 is 5.97 Å². The van der Waals surface area contributed by atoms with Gasteiger partial charge in [0.25, 0.3) is 5.91 Å². The molecule has 0 unspecified atom stereocenters. The van der Waals surface area contributed by atoms with Crippen LogP contribution in [0.15, 0.2) is 24.3 Å². The van der Waals surface area contributed by atoms with Crippen LogP contribution in [0.2, 0.25) is 0 Å². The van der Waals surface area contributed by atoms with Crippen LogP contribution in [0.3, 0.4) is 0 Å². The van der Waals surface area contributed by atoms with Crippen LogP contribution >= 0.6 is 11.3 Å². The van der Waals surface area contributed by atoms with Gasteiger partial charge in [0.1, 0.15) is 10.8 Å². The molecular weight excluding hydrogens is 350 g/mol. The molecule has 0 radical (unpaired) electrons. The van der Waals surface area contributed by atoms with Gasteiger partial charge in [-0.2, -0.15) is 0 Å². The highest BCUT2D eigenvalue weighted by Crippen LogP contribution is 2.39. The van der Waals surface area contributed by atoms with Gasteiger partial charge in [-0.25, -0.2) is 4.79 Å². The van der Waals surface area contributed by atoms with Crippen LogP contribution in [-0.2, 0) is 28.8 Å². The lowest BCUT2D eigenvalue weighted by atomic mass is 10.1. The van der Waals surface area contributed by atoms with Crippen LogP contribution in [0, 0.1) is 0 Å². The highest BCUT2D eigenvalue weighted by atomic mass is 32.1. The first-order valence-corrected chi connectivity index (χ1v) is 9.77. The van der Waals surface area contributed by atoms with Crippen molar-refractivity contribution in [2.24, 2.45) is 0 Å². The van der Waals surface area contributed by atoms with Crippen molar-refractivity contribution in [3.05, 3.63) is 45.8 Å². The smallest absolute Gasteiger partial charge is 0.341 e. The van der Waals surface area contributed by atoms with E-state index in [9.17, 15) is 9.59 Å². The molecule has 6 heteroatoms. The third-order valence-corrected chi connectivity index (χ3v) is 5.57. The van der Waals surface area contributed by atoms with Crippen LogP contribution in [0.1, 0.15) is 46.6 Å². The number of ether oxygens (including phenoxy) is 2. The van der Waals surface area contributed by atoms with E-state index < -0.39 is 0 Å². The van der Waals surface area contributed by atoms with E-state index in [1.807, 2.05) is 31.2 Å². The van der Waals surface area contributed by atoms with Gasteiger partial charge < -0.3 is 14.8 Å². The molecule has 0 fully saturated rings. The number of thiophene rings is 1. The third kappa shape index (κ3) is 3.90. The number of hydrogen-bond donors (Lipinski definition) is 1. The van der Waals surface area contributed by atoms with E-state index in [1.165, 1.54) is 16.2 Å². The summed E-state index contributed by atoms with van der Waals surface area (Å²) in [6, 6.07) is 7.67. The van der Waals surface area contributed by atoms with Crippen molar-refractivity contribution in [1.82, 2.24) is 0 Å². The molecule has 1 amide bonds. The number of nitrogens with one attached hydrogen (secondary N) is 1. The number of fused-ring (bicyclic) bond motifs is 1. The average molecular weight is 373 g/mol. The summed E-state index contributed by atoms with van der Waals surface area (Å²) >= 11 is 1.47. The third-order valence-electron chi connectivity index (χ3n) is 4.37.